The summed E-state index contributed by atoms with van der Waals surface area (Å²) in [7, 11) is 1.67. The minimum atomic E-state index is -0.423. The lowest BCUT2D eigenvalue weighted by atomic mass is 10.1. The second kappa shape index (κ2) is 8.36. The number of ether oxygens (including phenoxy) is 1. The molecule has 0 saturated heterocycles. The van der Waals surface area contributed by atoms with Crippen LogP contribution in [0.5, 0.6) is 0 Å². The monoisotopic (exact) mass is 341 g/mol. The van der Waals surface area contributed by atoms with E-state index < -0.39 is 5.91 Å². The number of rotatable bonds is 7. The number of carbonyl (C=O) groups excluding carboxylic acids is 1. The van der Waals surface area contributed by atoms with Gasteiger partial charge >= 0.3 is 0 Å². The van der Waals surface area contributed by atoms with E-state index in [4.69, 9.17) is 9.15 Å². The highest BCUT2D eigenvalue weighted by Gasteiger charge is 2.15. The van der Waals surface area contributed by atoms with Crippen LogP contribution in [-0.4, -0.2) is 24.2 Å². The zero-order valence-corrected chi connectivity index (χ0v) is 15.0. The summed E-state index contributed by atoms with van der Waals surface area (Å²) in [4.78, 5) is 12.2. The highest BCUT2D eigenvalue weighted by Crippen LogP contribution is 2.22. The van der Waals surface area contributed by atoms with Crippen LogP contribution < -0.4 is 5.32 Å². The first kappa shape index (κ1) is 18.6. The van der Waals surface area contributed by atoms with Gasteiger partial charge < -0.3 is 19.0 Å². The predicted molar refractivity (Wildman–Crippen MR) is 94.6 cm³/mol. The molecule has 0 aliphatic rings. The van der Waals surface area contributed by atoms with Crippen molar-refractivity contribution in [2.75, 3.05) is 13.7 Å². The van der Waals surface area contributed by atoms with Crippen molar-refractivity contribution in [3.8, 4) is 6.07 Å². The van der Waals surface area contributed by atoms with Gasteiger partial charge in [-0.15, -0.1) is 0 Å². The van der Waals surface area contributed by atoms with Crippen LogP contribution in [0.3, 0.4) is 0 Å². The Morgan fingerprint density at radius 2 is 2.28 bits per heavy atom. The molecule has 2 rings (SSSR count). The van der Waals surface area contributed by atoms with Gasteiger partial charge in [0.1, 0.15) is 17.4 Å². The Bertz CT molecular complexity index is 795. The summed E-state index contributed by atoms with van der Waals surface area (Å²) in [6, 6.07) is 7.63. The summed E-state index contributed by atoms with van der Waals surface area (Å²) >= 11 is 0. The topological polar surface area (TPSA) is 80.2 Å². The van der Waals surface area contributed by atoms with Crippen LogP contribution in [0.4, 0.5) is 0 Å². The zero-order chi connectivity index (χ0) is 18.4. The van der Waals surface area contributed by atoms with Crippen LogP contribution in [0, 0.1) is 25.2 Å². The fraction of sp³-hybridized carbons (Fsp3) is 0.368. The zero-order valence-electron chi connectivity index (χ0n) is 15.0. The van der Waals surface area contributed by atoms with Crippen LogP contribution in [0.2, 0.25) is 0 Å². The van der Waals surface area contributed by atoms with E-state index in [0.717, 1.165) is 17.0 Å². The summed E-state index contributed by atoms with van der Waals surface area (Å²) < 4.78 is 12.5. The number of nitrogens with zero attached hydrogens (tertiary/aromatic N) is 2. The number of furan rings is 1. The summed E-state index contributed by atoms with van der Waals surface area (Å²) in [6.07, 6.45) is 3.16. The van der Waals surface area contributed by atoms with Gasteiger partial charge in [-0.3, -0.25) is 4.79 Å². The van der Waals surface area contributed by atoms with E-state index in [1.54, 1.807) is 31.6 Å². The number of nitriles is 1. The van der Waals surface area contributed by atoms with E-state index in [1.807, 2.05) is 26.0 Å². The maximum Gasteiger partial charge on any atom is 0.262 e. The third-order valence-electron chi connectivity index (χ3n) is 4.04. The van der Waals surface area contributed by atoms with E-state index in [2.05, 4.69) is 16.8 Å². The van der Waals surface area contributed by atoms with Gasteiger partial charge in [0.25, 0.3) is 5.91 Å². The smallest absolute Gasteiger partial charge is 0.262 e. The van der Waals surface area contributed by atoms with Crippen LogP contribution in [-0.2, 0) is 16.1 Å². The van der Waals surface area contributed by atoms with Gasteiger partial charge in [0.05, 0.1) is 25.5 Å². The second-order valence-corrected chi connectivity index (χ2v) is 5.93. The molecule has 2 heterocycles. The molecule has 1 amide bonds. The molecular weight excluding hydrogens is 318 g/mol. The molecule has 0 aromatic carbocycles. The third-order valence-corrected chi connectivity index (χ3v) is 4.04. The lowest BCUT2D eigenvalue weighted by Gasteiger charge is -2.17. The Labute approximate surface area is 147 Å². The molecule has 1 atom stereocenters. The van der Waals surface area contributed by atoms with Crippen LogP contribution in [0.25, 0.3) is 6.08 Å². The van der Waals surface area contributed by atoms with Crippen LogP contribution in [0.15, 0.2) is 34.5 Å². The van der Waals surface area contributed by atoms with Gasteiger partial charge in [0.2, 0.25) is 0 Å². The van der Waals surface area contributed by atoms with Crippen molar-refractivity contribution in [3.63, 3.8) is 0 Å². The SMILES string of the molecule is COCC(C)n1c(C)cc(/C=C(\C#N)C(=O)NCc2ccco2)c1C. The molecule has 2 aromatic heterocycles. The quantitative estimate of drug-likeness (QED) is 0.620. The van der Waals surface area contributed by atoms with E-state index in [0.29, 0.717) is 12.4 Å². The standard InChI is InChI=1S/C19H23N3O3/c1-13-8-16(15(3)22(13)14(2)12-24-4)9-17(10-20)19(23)21-11-18-6-5-7-25-18/h5-9,14H,11-12H2,1-4H3,(H,21,23)/b17-9+. The number of hydrogen-bond acceptors (Lipinski definition) is 4. The van der Waals surface area contributed by atoms with E-state index in [-0.39, 0.29) is 18.2 Å². The maximum atomic E-state index is 12.2. The number of aryl methyl sites for hydroxylation is 1. The summed E-state index contributed by atoms with van der Waals surface area (Å²) in [6.45, 7) is 6.88. The van der Waals surface area contributed by atoms with Gasteiger partial charge in [-0.1, -0.05) is 0 Å². The molecule has 1 unspecified atom stereocenters. The van der Waals surface area contributed by atoms with Crippen molar-refractivity contribution >= 4 is 12.0 Å². The number of amides is 1. The number of methoxy groups -OCH3 is 1. The number of hydrogen-bond donors (Lipinski definition) is 1. The average molecular weight is 341 g/mol. The normalized spacial score (nSPS) is 12.7. The minimum Gasteiger partial charge on any atom is -0.467 e. The first-order valence-electron chi connectivity index (χ1n) is 8.07. The van der Waals surface area contributed by atoms with Gasteiger partial charge in [-0.25, -0.2) is 0 Å². The fourth-order valence-electron chi connectivity index (χ4n) is 2.92. The molecule has 0 aliphatic carbocycles. The van der Waals surface area contributed by atoms with Gasteiger partial charge in [-0.2, -0.15) is 5.26 Å². The first-order chi connectivity index (χ1) is 12.0. The molecule has 132 valence electrons. The molecule has 0 radical (unpaired) electrons. The fourth-order valence-corrected chi connectivity index (χ4v) is 2.92. The third kappa shape index (κ3) is 4.40. The Hall–Kier alpha value is -2.78. The van der Waals surface area contributed by atoms with Crippen LogP contribution >= 0.6 is 0 Å². The van der Waals surface area contributed by atoms with Crippen molar-refractivity contribution in [1.29, 1.82) is 5.26 Å². The Balaban J connectivity index is 2.20. The molecule has 0 spiro atoms. The van der Waals surface area contributed by atoms with Gasteiger partial charge in [0, 0.05) is 18.5 Å². The molecule has 6 nitrogen and oxygen atoms in total. The maximum absolute atomic E-state index is 12.2. The Morgan fingerprint density at radius 1 is 1.52 bits per heavy atom. The van der Waals surface area contributed by atoms with Crippen molar-refractivity contribution < 1.29 is 13.9 Å². The van der Waals surface area contributed by atoms with E-state index in [9.17, 15) is 10.1 Å². The van der Waals surface area contributed by atoms with Crippen molar-refractivity contribution in [3.05, 3.63) is 52.7 Å². The number of carbonyl (C=O) groups is 1. The molecule has 0 bridgehead atoms. The van der Waals surface area contributed by atoms with Crippen molar-refractivity contribution in [2.45, 2.75) is 33.4 Å². The lowest BCUT2D eigenvalue weighted by Crippen LogP contribution is -2.23. The molecule has 2 aromatic rings. The minimum absolute atomic E-state index is 0.0613. The summed E-state index contributed by atoms with van der Waals surface area (Å²) in [5, 5.41) is 12.0. The molecule has 0 fully saturated rings. The highest BCUT2D eigenvalue weighted by atomic mass is 16.5. The van der Waals surface area contributed by atoms with Crippen LogP contribution in [0.1, 0.15) is 35.7 Å². The number of nitrogens with one attached hydrogen (secondary N) is 1. The highest BCUT2D eigenvalue weighted by molar-refractivity contribution is 6.01. The summed E-state index contributed by atoms with van der Waals surface area (Å²) in [5.41, 5.74) is 2.96. The first-order valence-corrected chi connectivity index (χ1v) is 8.07. The molecular formula is C19H23N3O3. The molecule has 0 aliphatic heterocycles. The molecule has 25 heavy (non-hydrogen) atoms. The molecule has 6 heteroatoms. The van der Waals surface area contributed by atoms with E-state index >= 15 is 0 Å². The van der Waals surface area contributed by atoms with Crippen molar-refractivity contribution in [1.82, 2.24) is 9.88 Å². The van der Waals surface area contributed by atoms with Gasteiger partial charge in [0.15, 0.2) is 0 Å². The predicted octanol–water partition coefficient (Wildman–Crippen LogP) is 3.13. The largest absolute Gasteiger partial charge is 0.467 e. The summed E-state index contributed by atoms with van der Waals surface area (Å²) in [5.74, 6) is 0.214. The second-order valence-electron chi connectivity index (χ2n) is 5.93. The van der Waals surface area contributed by atoms with E-state index in [1.165, 1.54) is 0 Å². The van der Waals surface area contributed by atoms with Crippen molar-refractivity contribution in [2.24, 2.45) is 0 Å². The molecule has 1 N–H and O–H groups in total. The molecule has 0 saturated carbocycles. The van der Waals surface area contributed by atoms with Gasteiger partial charge in [-0.05, 0) is 50.6 Å². The average Bonchev–Trinajstić information content (AvgIpc) is 3.18. The Morgan fingerprint density at radius 3 is 2.88 bits per heavy atom. The Kier molecular flexibility index (Phi) is 6.20. The lowest BCUT2D eigenvalue weighted by molar-refractivity contribution is -0.117. The number of aromatic nitrogens is 1.